The standard InChI is InChI=1S/C11H19N3O2/c1-8(5-12)6-13-7-10(15)14-4-2-3-9(14)11(13)16/h8-9H,2-7,12H2,1H3. The monoisotopic (exact) mass is 225 g/mol. The van der Waals surface area contributed by atoms with Crippen molar-refractivity contribution >= 4 is 11.8 Å². The molecular formula is C11H19N3O2. The van der Waals surface area contributed by atoms with E-state index in [-0.39, 0.29) is 30.3 Å². The van der Waals surface area contributed by atoms with E-state index in [4.69, 9.17) is 5.73 Å². The molecule has 2 rings (SSSR count). The average Bonchev–Trinajstić information content (AvgIpc) is 2.74. The van der Waals surface area contributed by atoms with Gasteiger partial charge in [-0.05, 0) is 25.3 Å². The molecule has 0 spiro atoms. The van der Waals surface area contributed by atoms with Crippen LogP contribution in [0.5, 0.6) is 0 Å². The van der Waals surface area contributed by atoms with Gasteiger partial charge in [0, 0.05) is 13.1 Å². The third-order valence-corrected chi connectivity index (χ3v) is 3.43. The van der Waals surface area contributed by atoms with Crippen LogP contribution in [0.15, 0.2) is 0 Å². The minimum atomic E-state index is -0.189. The van der Waals surface area contributed by atoms with E-state index >= 15 is 0 Å². The summed E-state index contributed by atoms with van der Waals surface area (Å²) in [4.78, 5) is 27.3. The van der Waals surface area contributed by atoms with Gasteiger partial charge in [-0.1, -0.05) is 6.92 Å². The zero-order valence-corrected chi connectivity index (χ0v) is 9.69. The van der Waals surface area contributed by atoms with Gasteiger partial charge in [0.15, 0.2) is 0 Å². The van der Waals surface area contributed by atoms with Gasteiger partial charge < -0.3 is 15.5 Å². The molecule has 0 radical (unpaired) electrons. The molecule has 2 N–H and O–H groups in total. The highest BCUT2D eigenvalue weighted by molar-refractivity contribution is 5.95. The molecule has 90 valence electrons. The molecule has 2 heterocycles. The zero-order valence-electron chi connectivity index (χ0n) is 9.69. The first-order valence-corrected chi connectivity index (χ1v) is 5.91. The molecule has 0 bridgehead atoms. The van der Waals surface area contributed by atoms with Gasteiger partial charge in [0.25, 0.3) is 0 Å². The van der Waals surface area contributed by atoms with Crippen LogP contribution in [0.4, 0.5) is 0 Å². The van der Waals surface area contributed by atoms with Crippen LogP contribution in [0.1, 0.15) is 19.8 Å². The molecular weight excluding hydrogens is 206 g/mol. The first-order chi connectivity index (χ1) is 7.63. The number of nitrogens with two attached hydrogens (primary N) is 1. The van der Waals surface area contributed by atoms with E-state index in [0.29, 0.717) is 13.1 Å². The zero-order chi connectivity index (χ0) is 11.7. The second-order valence-corrected chi connectivity index (χ2v) is 4.80. The Bertz CT molecular complexity index is 306. The number of hydrogen-bond acceptors (Lipinski definition) is 3. The Kier molecular flexibility index (Phi) is 3.14. The Morgan fingerprint density at radius 1 is 1.50 bits per heavy atom. The SMILES string of the molecule is CC(CN)CN1CC(=O)N2CCCC2C1=O. The van der Waals surface area contributed by atoms with Crippen molar-refractivity contribution in [1.82, 2.24) is 9.80 Å². The number of amides is 2. The lowest BCUT2D eigenvalue weighted by Gasteiger charge is -2.37. The van der Waals surface area contributed by atoms with Gasteiger partial charge >= 0.3 is 0 Å². The fourth-order valence-electron chi connectivity index (χ4n) is 2.47. The third-order valence-electron chi connectivity index (χ3n) is 3.43. The van der Waals surface area contributed by atoms with E-state index in [0.717, 1.165) is 19.4 Å². The molecule has 0 aliphatic carbocycles. The Morgan fingerprint density at radius 2 is 2.25 bits per heavy atom. The van der Waals surface area contributed by atoms with Crippen LogP contribution >= 0.6 is 0 Å². The summed E-state index contributed by atoms with van der Waals surface area (Å²) in [6.07, 6.45) is 1.76. The molecule has 0 saturated carbocycles. The lowest BCUT2D eigenvalue weighted by atomic mass is 10.1. The van der Waals surface area contributed by atoms with Gasteiger partial charge in [0.2, 0.25) is 11.8 Å². The minimum absolute atomic E-state index is 0.0892. The van der Waals surface area contributed by atoms with Gasteiger partial charge in [-0.2, -0.15) is 0 Å². The number of carbonyl (C=O) groups is 2. The van der Waals surface area contributed by atoms with Crippen molar-refractivity contribution in [2.75, 3.05) is 26.2 Å². The molecule has 5 nitrogen and oxygen atoms in total. The molecule has 2 saturated heterocycles. The van der Waals surface area contributed by atoms with Gasteiger partial charge in [-0.15, -0.1) is 0 Å². The van der Waals surface area contributed by atoms with Crippen molar-refractivity contribution in [2.45, 2.75) is 25.8 Å². The largest absolute Gasteiger partial charge is 0.331 e. The molecule has 2 aliphatic heterocycles. The second-order valence-electron chi connectivity index (χ2n) is 4.80. The Morgan fingerprint density at radius 3 is 2.94 bits per heavy atom. The van der Waals surface area contributed by atoms with Crippen LogP contribution in [-0.2, 0) is 9.59 Å². The van der Waals surface area contributed by atoms with Gasteiger partial charge in [0.05, 0.1) is 6.54 Å². The predicted molar refractivity (Wildman–Crippen MR) is 59.5 cm³/mol. The van der Waals surface area contributed by atoms with E-state index in [2.05, 4.69) is 0 Å². The van der Waals surface area contributed by atoms with E-state index in [9.17, 15) is 9.59 Å². The predicted octanol–water partition coefficient (Wildman–Crippen LogP) is -0.586. The molecule has 2 unspecified atom stereocenters. The lowest BCUT2D eigenvalue weighted by molar-refractivity contribution is -0.154. The van der Waals surface area contributed by atoms with Crippen molar-refractivity contribution in [3.05, 3.63) is 0 Å². The van der Waals surface area contributed by atoms with Crippen LogP contribution < -0.4 is 5.73 Å². The molecule has 0 aromatic rings. The minimum Gasteiger partial charge on any atom is -0.331 e. The third kappa shape index (κ3) is 1.91. The lowest BCUT2D eigenvalue weighted by Crippen LogP contribution is -2.58. The fraction of sp³-hybridized carbons (Fsp3) is 0.818. The number of rotatable bonds is 3. The van der Waals surface area contributed by atoms with Crippen molar-refractivity contribution in [1.29, 1.82) is 0 Å². The number of piperazine rings is 1. The number of carbonyl (C=O) groups excluding carboxylic acids is 2. The summed E-state index contributed by atoms with van der Waals surface area (Å²) >= 11 is 0. The summed E-state index contributed by atoms with van der Waals surface area (Å²) in [6, 6.07) is -0.189. The molecule has 5 heteroatoms. The van der Waals surface area contributed by atoms with Crippen molar-refractivity contribution in [3.8, 4) is 0 Å². The normalized spacial score (nSPS) is 27.2. The van der Waals surface area contributed by atoms with Crippen LogP contribution in [0.2, 0.25) is 0 Å². The van der Waals surface area contributed by atoms with Gasteiger partial charge in [0.1, 0.15) is 6.04 Å². The first-order valence-electron chi connectivity index (χ1n) is 5.91. The molecule has 2 fully saturated rings. The number of hydrogen-bond donors (Lipinski definition) is 1. The molecule has 2 atom stereocenters. The topological polar surface area (TPSA) is 66.6 Å². The Labute approximate surface area is 95.6 Å². The summed E-state index contributed by atoms with van der Waals surface area (Å²) in [7, 11) is 0. The van der Waals surface area contributed by atoms with Gasteiger partial charge in [-0.3, -0.25) is 9.59 Å². The van der Waals surface area contributed by atoms with E-state index in [1.165, 1.54) is 0 Å². The molecule has 0 aromatic heterocycles. The van der Waals surface area contributed by atoms with Crippen LogP contribution in [0, 0.1) is 5.92 Å². The van der Waals surface area contributed by atoms with E-state index in [1.807, 2.05) is 6.92 Å². The summed E-state index contributed by atoms with van der Waals surface area (Å²) in [5.41, 5.74) is 5.54. The Balaban J connectivity index is 2.05. The highest BCUT2D eigenvalue weighted by Crippen LogP contribution is 2.23. The quantitative estimate of drug-likeness (QED) is 0.698. The summed E-state index contributed by atoms with van der Waals surface area (Å²) in [5, 5.41) is 0. The number of nitrogens with zero attached hydrogens (tertiary/aromatic N) is 2. The maximum absolute atomic E-state index is 12.1. The second kappa shape index (κ2) is 4.41. The van der Waals surface area contributed by atoms with Crippen LogP contribution in [0.25, 0.3) is 0 Å². The average molecular weight is 225 g/mol. The first kappa shape index (κ1) is 11.4. The van der Waals surface area contributed by atoms with E-state index < -0.39 is 0 Å². The molecule has 0 aromatic carbocycles. The summed E-state index contributed by atoms with van der Waals surface area (Å²) < 4.78 is 0. The van der Waals surface area contributed by atoms with Crippen molar-refractivity contribution in [2.24, 2.45) is 11.7 Å². The molecule has 2 amide bonds. The van der Waals surface area contributed by atoms with Crippen molar-refractivity contribution < 1.29 is 9.59 Å². The maximum Gasteiger partial charge on any atom is 0.245 e. The molecule has 16 heavy (non-hydrogen) atoms. The highest BCUT2D eigenvalue weighted by Gasteiger charge is 2.41. The Hall–Kier alpha value is -1.10. The molecule has 2 aliphatic rings. The highest BCUT2D eigenvalue weighted by atomic mass is 16.2. The van der Waals surface area contributed by atoms with Crippen LogP contribution in [-0.4, -0.2) is 53.8 Å². The smallest absolute Gasteiger partial charge is 0.245 e. The van der Waals surface area contributed by atoms with Crippen molar-refractivity contribution in [3.63, 3.8) is 0 Å². The fourth-order valence-corrected chi connectivity index (χ4v) is 2.47. The maximum atomic E-state index is 12.1. The van der Waals surface area contributed by atoms with Gasteiger partial charge in [-0.25, -0.2) is 0 Å². The summed E-state index contributed by atoms with van der Waals surface area (Å²) in [6.45, 7) is 4.13. The van der Waals surface area contributed by atoms with Crippen LogP contribution in [0.3, 0.4) is 0 Å². The summed E-state index contributed by atoms with van der Waals surface area (Å²) in [5.74, 6) is 0.452. The van der Waals surface area contributed by atoms with E-state index in [1.54, 1.807) is 9.80 Å². The number of fused-ring (bicyclic) bond motifs is 1.